The first kappa shape index (κ1) is 16.9. The lowest BCUT2D eigenvalue weighted by atomic mass is 10.3. The Morgan fingerprint density at radius 2 is 2.12 bits per heavy atom. The Morgan fingerprint density at radius 3 is 2.80 bits per heavy atom. The first-order valence-electron chi connectivity index (χ1n) is 7.28. The summed E-state index contributed by atoms with van der Waals surface area (Å²) >= 11 is 1.26. The average molecular weight is 361 g/mol. The molecule has 1 unspecified atom stereocenters. The molecule has 0 radical (unpaired) electrons. The maximum atomic E-state index is 11.9. The normalized spacial score (nSPS) is 11.9. The quantitative estimate of drug-likeness (QED) is 0.668. The van der Waals surface area contributed by atoms with Crippen molar-refractivity contribution in [3.05, 3.63) is 35.6 Å². The Bertz CT molecular complexity index is 819. The van der Waals surface area contributed by atoms with E-state index >= 15 is 0 Å². The molecular weight excluding hydrogens is 346 g/mol. The molecule has 0 aliphatic rings. The highest BCUT2D eigenvalue weighted by Crippen LogP contribution is 2.23. The van der Waals surface area contributed by atoms with Crippen LogP contribution in [0.3, 0.4) is 0 Å². The molecule has 3 aromatic rings. The molecule has 0 spiro atoms. The van der Waals surface area contributed by atoms with Crippen LogP contribution in [0.2, 0.25) is 0 Å². The predicted molar refractivity (Wildman–Crippen MR) is 88.6 cm³/mol. The number of carbonyl (C=O) groups excluding carboxylic acids is 1. The first-order chi connectivity index (χ1) is 12.2. The zero-order valence-corrected chi connectivity index (χ0v) is 14.3. The van der Waals surface area contributed by atoms with Crippen LogP contribution < -0.4 is 10.1 Å². The number of nitrogens with zero attached hydrogens (tertiary/aromatic N) is 6. The van der Waals surface area contributed by atoms with Crippen LogP contribution in [0.25, 0.3) is 5.69 Å². The van der Waals surface area contributed by atoms with Crippen molar-refractivity contribution < 1.29 is 14.3 Å². The van der Waals surface area contributed by atoms with E-state index in [1.165, 1.54) is 22.3 Å². The smallest absolute Gasteiger partial charge is 0.264 e. The Morgan fingerprint density at radius 1 is 1.32 bits per heavy atom. The van der Waals surface area contributed by atoms with Crippen LogP contribution in [-0.4, -0.2) is 50.0 Å². The molecule has 0 aliphatic carbocycles. The zero-order valence-electron chi connectivity index (χ0n) is 13.5. The summed E-state index contributed by atoms with van der Waals surface area (Å²) in [4.78, 5) is 11.9. The van der Waals surface area contributed by atoms with Gasteiger partial charge in [-0.25, -0.2) is 4.68 Å². The third-order valence-corrected chi connectivity index (χ3v) is 4.21. The summed E-state index contributed by atoms with van der Waals surface area (Å²) in [5.74, 6) is 0.232. The molecule has 25 heavy (non-hydrogen) atoms. The summed E-state index contributed by atoms with van der Waals surface area (Å²) in [7, 11) is 1.59. The largest absolute Gasteiger partial charge is 0.484 e. The van der Waals surface area contributed by atoms with Crippen molar-refractivity contribution in [1.29, 1.82) is 0 Å². The van der Waals surface area contributed by atoms with Crippen LogP contribution in [0.15, 0.2) is 30.6 Å². The van der Waals surface area contributed by atoms with E-state index in [2.05, 4.69) is 31.0 Å². The van der Waals surface area contributed by atoms with Crippen LogP contribution in [0.1, 0.15) is 18.0 Å². The highest BCUT2D eigenvalue weighted by Gasteiger charge is 2.13. The van der Waals surface area contributed by atoms with Crippen LogP contribution >= 0.6 is 11.3 Å². The van der Waals surface area contributed by atoms with E-state index in [1.807, 2.05) is 6.92 Å². The highest BCUT2D eigenvalue weighted by atomic mass is 32.1. The summed E-state index contributed by atoms with van der Waals surface area (Å²) in [6, 6.07) is 7.03. The fraction of sp³-hybridized carbons (Fsp3) is 0.286. The molecule has 1 atom stereocenters. The molecule has 11 heteroatoms. The van der Waals surface area contributed by atoms with E-state index in [0.29, 0.717) is 15.9 Å². The standard InChI is InChI=1S/C14H15N7O3S/c1-9(23-2)13-17-18-14(25-13)16-12(22)7-24-11-5-3-10(4-6-11)21-8-15-19-20-21/h3-6,8-9H,7H2,1-2H3,(H,16,18,22). The van der Waals surface area contributed by atoms with Crippen molar-refractivity contribution in [2.75, 3.05) is 19.0 Å². The van der Waals surface area contributed by atoms with Gasteiger partial charge in [-0.05, 0) is 41.6 Å². The lowest BCUT2D eigenvalue weighted by Gasteiger charge is -2.06. The molecule has 130 valence electrons. The summed E-state index contributed by atoms with van der Waals surface area (Å²) in [6.07, 6.45) is 1.32. The second-order valence-electron chi connectivity index (χ2n) is 4.91. The van der Waals surface area contributed by atoms with Gasteiger partial charge in [0.1, 0.15) is 23.2 Å². The lowest BCUT2D eigenvalue weighted by Crippen LogP contribution is -2.20. The second-order valence-corrected chi connectivity index (χ2v) is 5.92. The summed E-state index contributed by atoms with van der Waals surface area (Å²) < 4.78 is 12.1. The molecule has 0 bridgehead atoms. The van der Waals surface area contributed by atoms with Gasteiger partial charge in [0.25, 0.3) is 5.91 Å². The molecule has 0 fully saturated rings. The number of benzene rings is 1. The molecule has 1 amide bonds. The van der Waals surface area contributed by atoms with Crippen molar-refractivity contribution in [2.24, 2.45) is 0 Å². The molecular formula is C14H15N7O3S. The van der Waals surface area contributed by atoms with E-state index in [9.17, 15) is 4.79 Å². The lowest BCUT2D eigenvalue weighted by molar-refractivity contribution is -0.118. The predicted octanol–water partition coefficient (Wildman–Crippen LogP) is 1.24. The molecule has 0 saturated carbocycles. The molecule has 10 nitrogen and oxygen atoms in total. The van der Waals surface area contributed by atoms with Gasteiger partial charge in [0.2, 0.25) is 5.13 Å². The second kappa shape index (κ2) is 7.77. The van der Waals surface area contributed by atoms with E-state index < -0.39 is 0 Å². The fourth-order valence-electron chi connectivity index (χ4n) is 1.83. The van der Waals surface area contributed by atoms with Crippen molar-refractivity contribution in [3.63, 3.8) is 0 Å². The van der Waals surface area contributed by atoms with Gasteiger partial charge in [-0.3, -0.25) is 10.1 Å². The highest BCUT2D eigenvalue weighted by molar-refractivity contribution is 7.15. The summed E-state index contributed by atoms with van der Waals surface area (Å²) in [5, 5.41) is 22.5. The number of methoxy groups -OCH3 is 1. The van der Waals surface area contributed by atoms with Gasteiger partial charge in [0, 0.05) is 7.11 Å². The number of hydrogen-bond acceptors (Lipinski definition) is 9. The maximum Gasteiger partial charge on any atom is 0.264 e. The molecule has 3 rings (SSSR count). The SMILES string of the molecule is COC(C)c1nnc(NC(=O)COc2ccc(-n3cnnn3)cc2)s1. The minimum absolute atomic E-state index is 0.140. The molecule has 2 aromatic heterocycles. The van der Waals surface area contributed by atoms with E-state index in [0.717, 1.165) is 5.69 Å². The number of rotatable bonds is 7. The van der Waals surface area contributed by atoms with Crippen molar-refractivity contribution >= 4 is 22.4 Å². The summed E-state index contributed by atoms with van der Waals surface area (Å²) in [5.41, 5.74) is 0.787. The van der Waals surface area contributed by atoms with Crippen LogP contribution in [0, 0.1) is 0 Å². The molecule has 2 heterocycles. The number of nitrogens with one attached hydrogen (secondary N) is 1. The fourth-order valence-corrected chi connectivity index (χ4v) is 2.62. The number of anilines is 1. The van der Waals surface area contributed by atoms with E-state index in [1.54, 1.807) is 31.4 Å². The van der Waals surface area contributed by atoms with E-state index in [-0.39, 0.29) is 18.6 Å². The number of hydrogen-bond donors (Lipinski definition) is 1. The number of aromatic nitrogens is 6. The summed E-state index contributed by atoms with van der Waals surface area (Å²) in [6.45, 7) is 1.72. The topological polar surface area (TPSA) is 117 Å². The Kier molecular flexibility index (Phi) is 5.26. The maximum absolute atomic E-state index is 11.9. The zero-order chi connectivity index (χ0) is 17.6. The monoisotopic (exact) mass is 361 g/mol. The van der Waals surface area contributed by atoms with Gasteiger partial charge in [-0.1, -0.05) is 11.3 Å². The minimum atomic E-state index is -0.322. The van der Waals surface area contributed by atoms with Crippen LogP contribution in [-0.2, 0) is 9.53 Å². The number of tetrazole rings is 1. The Hall–Kier alpha value is -2.92. The number of carbonyl (C=O) groups is 1. The third-order valence-electron chi connectivity index (χ3n) is 3.21. The van der Waals surface area contributed by atoms with Gasteiger partial charge in [-0.15, -0.1) is 15.3 Å². The van der Waals surface area contributed by atoms with Gasteiger partial charge in [0.05, 0.1) is 5.69 Å². The van der Waals surface area contributed by atoms with Crippen molar-refractivity contribution in [3.8, 4) is 11.4 Å². The van der Waals surface area contributed by atoms with Crippen molar-refractivity contribution in [2.45, 2.75) is 13.0 Å². The molecule has 0 saturated heterocycles. The Labute approximate surface area is 146 Å². The molecule has 1 N–H and O–H groups in total. The molecule has 1 aromatic carbocycles. The third kappa shape index (κ3) is 4.33. The van der Waals surface area contributed by atoms with E-state index in [4.69, 9.17) is 9.47 Å². The molecule has 0 aliphatic heterocycles. The average Bonchev–Trinajstić information content (AvgIpc) is 3.32. The number of ether oxygens (including phenoxy) is 2. The van der Waals surface area contributed by atoms with Crippen molar-refractivity contribution in [1.82, 2.24) is 30.4 Å². The van der Waals surface area contributed by atoms with Crippen LogP contribution in [0.5, 0.6) is 5.75 Å². The minimum Gasteiger partial charge on any atom is -0.484 e. The first-order valence-corrected chi connectivity index (χ1v) is 8.09. The number of amides is 1. The van der Waals surface area contributed by atoms with Gasteiger partial charge >= 0.3 is 0 Å². The van der Waals surface area contributed by atoms with Crippen LogP contribution in [0.4, 0.5) is 5.13 Å². The van der Waals surface area contributed by atoms with Gasteiger partial charge < -0.3 is 9.47 Å². The van der Waals surface area contributed by atoms with Gasteiger partial charge in [0.15, 0.2) is 6.61 Å². The van der Waals surface area contributed by atoms with Gasteiger partial charge in [-0.2, -0.15) is 0 Å². The Balaban J connectivity index is 1.51.